The summed E-state index contributed by atoms with van der Waals surface area (Å²) in [5, 5.41) is 0. The molecular weight excluding hydrogens is 630 g/mol. The number of hydrogen-bond acceptors (Lipinski definition) is 4. The van der Waals surface area contributed by atoms with Gasteiger partial charge in [-0.1, -0.05) is 0 Å². The van der Waals surface area contributed by atoms with Crippen molar-refractivity contribution in [2.75, 3.05) is 0 Å². The van der Waals surface area contributed by atoms with E-state index in [0.717, 1.165) is 0 Å². The van der Waals surface area contributed by atoms with Crippen molar-refractivity contribution in [2.45, 2.75) is 151 Å². The molecule has 0 aromatic rings. The average molecular weight is 686 g/mol. The van der Waals surface area contributed by atoms with Crippen LogP contribution in [0.1, 0.15) is 119 Å². The molecule has 0 saturated carbocycles. The molecule has 0 rings (SSSR count). The molecule has 0 radical (unpaired) electrons. The quantitative estimate of drug-likeness (QED) is 0.0701. The van der Waals surface area contributed by atoms with Crippen molar-refractivity contribution in [3.63, 3.8) is 0 Å². The summed E-state index contributed by atoms with van der Waals surface area (Å²) in [6.45, 7) is 13.5. The second-order valence-electron chi connectivity index (χ2n) is 9.88. The van der Waals surface area contributed by atoms with E-state index in [9.17, 15) is 4.79 Å². The molecule has 1 unspecified atom stereocenters. The molecule has 0 aromatic heterocycles. The number of unbranched alkanes of at least 4 members (excludes halogenated alkanes) is 6. The fourth-order valence-corrected chi connectivity index (χ4v) is 32.9. The van der Waals surface area contributed by atoms with Crippen molar-refractivity contribution in [1.29, 1.82) is 0 Å². The van der Waals surface area contributed by atoms with Gasteiger partial charge in [-0.25, -0.2) is 0 Å². The third kappa shape index (κ3) is 14.1. The van der Waals surface area contributed by atoms with Crippen LogP contribution in [0.4, 0.5) is 0 Å². The molecule has 32 heavy (non-hydrogen) atoms. The maximum atomic E-state index is 13.4. The second kappa shape index (κ2) is 20.6. The molecule has 0 aliphatic heterocycles. The molecule has 1 atom stereocenters. The van der Waals surface area contributed by atoms with E-state index in [0.29, 0.717) is 0 Å². The van der Waals surface area contributed by atoms with Crippen molar-refractivity contribution in [2.24, 2.45) is 0 Å². The van der Waals surface area contributed by atoms with Crippen molar-refractivity contribution in [3.05, 3.63) is 0 Å². The zero-order chi connectivity index (χ0) is 24.3. The van der Waals surface area contributed by atoms with E-state index in [1.807, 2.05) is 0 Å². The van der Waals surface area contributed by atoms with Gasteiger partial charge in [0.25, 0.3) is 0 Å². The van der Waals surface area contributed by atoms with Crippen LogP contribution in [0, 0.1) is 0 Å². The first kappa shape index (κ1) is 33.4. The van der Waals surface area contributed by atoms with Gasteiger partial charge in [0.15, 0.2) is 0 Å². The van der Waals surface area contributed by atoms with Gasteiger partial charge in [0.05, 0.1) is 0 Å². The summed E-state index contributed by atoms with van der Waals surface area (Å²) < 4.78 is 20.6. The molecule has 6 heteroatoms. The van der Waals surface area contributed by atoms with Crippen LogP contribution < -0.4 is 0 Å². The SMILES string of the molecule is CCC[CH2][Sn]([CH2]CCC)([CH2]CCC)[O]C(=O)C(S)[O][Sn]([CH2]CCC)([CH2]CCC)[CH2]CCC. The zero-order valence-electron chi connectivity index (χ0n) is 22.5. The summed E-state index contributed by atoms with van der Waals surface area (Å²) in [6.07, 6.45) is 14.4. The van der Waals surface area contributed by atoms with Gasteiger partial charge in [0, 0.05) is 0 Å². The predicted molar refractivity (Wildman–Crippen MR) is 150 cm³/mol. The van der Waals surface area contributed by atoms with Crippen LogP contribution in [-0.4, -0.2) is 49.0 Å². The molecule has 0 fully saturated rings. The minimum absolute atomic E-state index is 0.127. The summed E-state index contributed by atoms with van der Waals surface area (Å²) in [4.78, 5) is 13.4. The molecule has 192 valence electrons. The van der Waals surface area contributed by atoms with Crippen LogP contribution in [0.15, 0.2) is 0 Å². The molecule has 0 N–H and O–H groups in total. The summed E-state index contributed by atoms with van der Waals surface area (Å²) in [5.74, 6) is -0.127. The van der Waals surface area contributed by atoms with E-state index in [1.165, 1.54) is 104 Å². The summed E-state index contributed by atoms with van der Waals surface area (Å²) in [7, 11) is 0. The van der Waals surface area contributed by atoms with E-state index in [1.54, 1.807) is 0 Å². The van der Waals surface area contributed by atoms with Gasteiger partial charge in [-0.15, -0.1) is 0 Å². The Labute approximate surface area is 216 Å². The first-order chi connectivity index (χ1) is 15.4. The number of carbonyl (C=O) groups excluding carboxylic acids is 1. The van der Waals surface area contributed by atoms with Crippen LogP contribution in [0.2, 0.25) is 26.6 Å². The van der Waals surface area contributed by atoms with E-state index < -0.39 is 43.0 Å². The Balaban J connectivity index is 5.55. The fraction of sp³-hybridized carbons (Fsp3) is 0.962. The monoisotopic (exact) mass is 688 g/mol. The molecular formula is C26H56O3SSn2. The Hall–Kier alpha value is 1.38. The summed E-state index contributed by atoms with van der Waals surface area (Å²) in [6, 6.07) is 0. The third-order valence-electron chi connectivity index (χ3n) is 6.80. The molecule has 0 bridgehead atoms. The molecule has 0 heterocycles. The van der Waals surface area contributed by atoms with E-state index in [4.69, 9.17) is 18.8 Å². The Morgan fingerprint density at radius 3 is 1.16 bits per heavy atom. The topological polar surface area (TPSA) is 35.5 Å². The predicted octanol–water partition coefficient (Wildman–Crippen LogP) is 9.49. The second-order valence-corrected chi connectivity index (χ2v) is 33.7. The van der Waals surface area contributed by atoms with Gasteiger partial charge in [-0.3, -0.25) is 0 Å². The summed E-state index contributed by atoms with van der Waals surface area (Å²) in [5.41, 5.74) is -0.655. The van der Waals surface area contributed by atoms with Gasteiger partial charge in [0.2, 0.25) is 0 Å². The maximum absolute atomic E-state index is 13.4. The number of carbonyl (C=O) groups is 1. The van der Waals surface area contributed by atoms with Gasteiger partial charge in [0.1, 0.15) is 0 Å². The molecule has 0 spiro atoms. The first-order valence-electron chi connectivity index (χ1n) is 14.0. The Bertz CT molecular complexity index is 419. The number of hydrogen-bond donors (Lipinski definition) is 1. The molecule has 3 nitrogen and oxygen atoms in total. The van der Waals surface area contributed by atoms with Gasteiger partial charge in [-0.2, -0.15) is 0 Å². The third-order valence-corrected chi connectivity index (χ3v) is 33.2. The number of rotatable bonds is 22. The molecule has 0 aliphatic carbocycles. The van der Waals surface area contributed by atoms with Crippen LogP contribution in [-0.2, 0) is 10.9 Å². The van der Waals surface area contributed by atoms with Gasteiger partial charge < -0.3 is 0 Å². The van der Waals surface area contributed by atoms with E-state index >= 15 is 0 Å². The Morgan fingerprint density at radius 2 is 0.875 bits per heavy atom. The Kier molecular flexibility index (Phi) is 21.4. The van der Waals surface area contributed by atoms with Crippen LogP contribution in [0.25, 0.3) is 0 Å². The standard InChI is InChI=1S/6C4H9.C2H3O3S.2Sn/c6*1-3-4-2;3-1(4)2(5)6;;/h6*1,3-4H2,2H3;2,6H,(H,3,4);;/q;;;;;;-1;2*+1/p-1. The zero-order valence-corrected chi connectivity index (χ0v) is 29.1. The first-order valence-corrected chi connectivity index (χ1v) is 28.9. The van der Waals surface area contributed by atoms with Crippen LogP contribution in [0.3, 0.4) is 0 Å². The van der Waals surface area contributed by atoms with Crippen molar-refractivity contribution >= 4 is 56.2 Å². The van der Waals surface area contributed by atoms with Crippen molar-refractivity contribution < 1.29 is 10.9 Å². The van der Waals surface area contributed by atoms with E-state index in [-0.39, 0.29) is 5.97 Å². The average Bonchev–Trinajstić information content (AvgIpc) is 2.80. The molecule has 0 amide bonds. The van der Waals surface area contributed by atoms with E-state index in [2.05, 4.69) is 41.5 Å². The molecule has 0 aromatic carbocycles. The van der Waals surface area contributed by atoms with Crippen LogP contribution in [0.5, 0.6) is 0 Å². The number of thiol groups is 1. The molecule has 0 saturated heterocycles. The normalized spacial score (nSPS) is 13.3. The Morgan fingerprint density at radius 1 is 0.594 bits per heavy atom. The molecule has 0 aliphatic rings. The van der Waals surface area contributed by atoms with Crippen molar-refractivity contribution in [1.82, 2.24) is 0 Å². The van der Waals surface area contributed by atoms with Crippen LogP contribution >= 0.6 is 12.6 Å². The van der Waals surface area contributed by atoms with Gasteiger partial charge >= 0.3 is 218 Å². The van der Waals surface area contributed by atoms with Crippen molar-refractivity contribution in [3.8, 4) is 0 Å². The summed E-state index contributed by atoms with van der Waals surface area (Å²) >= 11 is -1.12. The fourth-order valence-electron chi connectivity index (χ4n) is 4.62. The minimum atomic E-state index is -2.99. The van der Waals surface area contributed by atoms with Gasteiger partial charge in [-0.05, 0) is 0 Å².